The second kappa shape index (κ2) is 3.58. The standard InChI is InChI=1S/C11H23NO/c1-9-11(4,6-7-12-9)8-10(2,3)13-5/h9,12H,6-8H2,1-5H3. The Balaban J connectivity index is 2.61. The van der Waals surface area contributed by atoms with Gasteiger partial charge in [-0.1, -0.05) is 6.92 Å². The highest BCUT2D eigenvalue weighted by molar-refractivity contribution is 4.95. The van der Waals surface area contributed by atoms with Gasteiger partial charge < -0.3 is 10.1 Å². The van der Waals surface area contributed by atoms with Gasteiger partial charge in [0.15, 0.2) is 0 Å². The average molecular weight is 185 g/mol. The largest absolute Gasteiger partial charge is 0.379 e. The average Bonchev–Trinajstić information content (AvgIpc) is 2.31. The molecule has 1 N–H and O–H groups in total. The zero-order chi connectivity index (χ0) is 10.1. The number of methoxy groups -OCH3 is 1. The minimum Gasteiger partial charge on any atom is -0.379 e. The van der Waals surface area contributed by atoms with Gasteiger partial charge in [0.05, 0.1) is 5.60 Å². The van der Waals surface area contributed by atoms with Crippen LogP contribution in [0.15, 0.2) is 0 Å². The van der Waals surface area contributed by atoms with E-state index in [0.717, 1.165) is 13.0 Å². The first kappa shape index (κ1) is 11.0. The third kappa shape index (κ3) is 2.44. The summed E-state index contributed by atoms with van der Waals surface area (Å²) in [5.74, 6) is 0. The molecule has 0 amide bonds. The van der Waals surface area contributed by atoms with Crippen LogP contribution in [0.1, 0.15) is 40.5 Å². The van der Waals surface area contributed by atoms with Crippen LogP contribution in [-0.2, 0) is 4.74 Å². The fraction of sp³-hybridized carbons (Fsp3) is 1.00. The molecule has 0 spiro atoms. The summed E-state index contributed by atoms with van der Waals surface area (Å²) in [4.78, 5) is 0. The van der Waals surface area contributed by atoms with Gasteiger partial charge in [0, 0.05) is 13.2 Å². The smallest absolute Gasteiger partial charge is 0.0628 e. The van der Waals surface area contributed by atoms with Gasteiger partial charge in [-0.05, 0) is 45.6 Å². The van der Waals surface area contributed by atoms with E-state index in [4.69, 9.17) is 4.74 Å². The summed E-state index contributed by atoms with van der Waals surface area (Å²) in [7, 11) is 1.80. The minimum atomic E-state index is 0.00896. The minimum absolute atomic E-state index is 0.00896. The second-order valence-corrected chi connectivity index (χ2v) is 5.22. The lowest BCUT2D eigenvalue weighted by atomic mass is 9.75. The van der Waals surface area contributed by atoms with Crippen molar-refractivity contribution >= 4 is 0 Å². The van der Waals surface area contributed by atoms with Gasteiger partial charge in [-0.2, -0.15) is 0 Å². The van der Waals surface area contributed by atoms with E-state index < -0.39 is 0 Å². The first-order valence-electron chi connectivity index (χ1n) is 5.18. The summed E-state index contributed by atoms with van der Waals surface area (Å²) in [5, 5.41) is 3.50. The van der Waals surface area contributed by atoms with E-state index in [0.29, 0.717) is 11.5 Å². The number of nitrogens with one attached hydrogen (secondary N) is 1. The molecule has 1 saturated heterocycles. The van der Waals surface area contributed by atoms with Crippen LogP contribution in [0.3, 0.4) is 0 Å². The van der Waals surface area contributed by atoms with Crippen molar-refractivity contribution in [1.29, 1.82) is 0 Å². The first-order valence-corrected chi connectivity index (χ1v) is 5.18. The molecule has 78 valence electrons. The van der Waals surface area contributed by atoms with Crippen LogP contribution in [0, 0.1) is 5.41 Å². The fourth-order valence-corrected chi connectivity index (χ4v) is 2.32. The van der Waals surface area contributed by atoms with E-state index in [2.05, 4.69) is 33.0 Å². The molecule has 1 rings (SSSR count). The maximum absolute atomic E-state index is 5.49. The fourth-order valence-electron chi connectivity index (χ4n) is 2.32. The maximum Gasteiger partial charge on any atom is 0.0628 e. The van der Waals surface area contributed by atoms with Gasteiger partial charge >= 0.3 is 0 Å². The lowest BCUT2D eigenvalue weighted by Gasteiger charge is -2.36. The van der Waals surface area contributed by atoms with E-state index in [1.807, 2.05) is 0 Å². The molecule has 0 radical (unpaired) electrons. The summed E-state index contributed by atoms with van der Waals surface area (Å²) in [6.07, 6.45) is 2.39. The van der Waals surface area contributed by atoms with Crippen LogP contribution in [0.2, 0.25) is 0 Å². The molecule has 1 aliphatic heterocycles. The first-order chi connectivity index (χ1) is 5.90. The Bertz CT molecular complexity index is 179. The van der Waals surface area contributed by atoms with Crippen LogP contribution < -0.4 is 5.32 Å². The van der Waals surface area contributed by atoms with Crippen molar-refractivity contribution in [3.8, 4) is 0 Å². The van der Waals surface area contributed by atoms with Gasteiger partial charge in [-0.25, -0.2) is 0 Å². The predicted octanol–water partition coefficient (Wildman–Crippen LogP) is 2.19. The van der Waals surface area contributed by atoms with Crippen molar-refractivity contribution in [2.24, 2.45) is 5.41 Å². The van der Waals surface area contributed by atoms with Crippen molar-refractivity contribution in [3.63, 3.8) is 0 Å². The van der Waals surface area contributed by atoms with Crippen LogP contribution in [0.4, 0.5) is 0 Å². The molecule has 2 atom stereocenters. The third-order valence-electron chi connectivity index (χ3n) is 3.57. The summed E-state index contributed by atoms with van der Waals surface area (Å²) < 4.78 is 5.49. The van der Waals surface area contributed by atoms with Gasteiger partial charge in [0.25, 0.3) is 0 Å². The molecule has 0 saturated carbocycles. The Morgan fingerprint density at radius 3 is 2.54 bits per heavy atom. The molecule has 0 bridgehead atoms. The Morgan fingerprint density at radius 2 is 2.15 bits per heavy atom. The Hall–Kier alpha value is -0.0800. The van der Waals surface area contributed by atoms with Crippen LogP contribution in [0.5, 0.6) is 0 Å². The van der Waals surface area contributed by atoms with Crippen molar-refractivity contribution < 1.29 is 4.74 Å². The molecule has 0 aliphatic carbocycles. The molecule has 2 unspecified atom stereocenters. The highest BCUT2D eigenvalue weighted by Crippen LogP contribution is 2.39. The summed E-state index contributed by atoms with van der Waals surface area (Å²) in [6, 6.07) is 0.613. The highest BCUT2D eigenvalue weighted by atomic mass is 16.5. The number of rotatable bonds is 3. The molecule has 1 aliphatic rings. The van der Waals surface area contributed by atoms with Crippen molar-refractivity contribution in [3.05, 3.63) is 0 Å². The lowest BCUT2D eigenvalue weighted by molar-refractivity contribution is -0.0183. The summed E-state index contributed by atoms with van der Waals surface area (Å²) in [5.41, 5.74) is 0.411. The molecule has 0 aromatic carbocycles. The third-order valence-corrected chi connectivity index (χ3v) is 3.57. The molecular formula is C11H23NO. The van der Waals surface area contributed by atoms with Crippen molar-refractivity contribution in [1.82, 2.24) is 5.32 Å². The molecule has 2 heteroatoms. The summed E-state index contributed by atoms with van der Waals surface area (Å²) in [6.45, 7) is 10.1. The Labute approximate surface area is 82.0 Å². The Morgan fingerprint density at radius 1 is 1.54 bits per heavy atom. The summed E-state index contributed by atoms with van der Waals surface area (Å²) >= 11 is 0. The zero-order valence-electron chi connectivity index (χ0n) is 9.61. The highest BCUT2D eigenvalue weighted by Gasteiger charge is 2.39. The topological polar surface area (TPSA) is 21.3 Å². The van der Waals surface area contributed by atoms with Crippen LogP contribution >= 0.6 is 0 Å². The number of hydrogen-bond donors (Lipinski definition) is 1. The SMILES string of the molecule is COC(C)(C)CC1(C)CCNC1C. The maximum atomic E-state index is 5.49. The van der Waals surface area contributed by atoms with Gasteiger partial charge in [-0.3, -0.25) is 0 Å². The van der Waals surface area contributed by atoms with Gasteiger partial charge in [0.1, 0.15) is 0 Å². The molecule has 0 aromatic rings. The van der Waals surface area contributed by atoms with E-state index in [-0.39, 0.29) is 5.60 Å². The predicted molar refractivity (Wildman–Crippen MR) is 55.9 cm³/mol. The normalized spacial score (nSPS) is 35.3. The zero-order valence-corrected chi connectivity index (χ0v) is 9.61. The molecule has 2 nitrogen and oxygen atoms in total. The van der Waals surface area contributed by atoms with Gasteiger partial charge in [-0.15, -0.1) is 0 Å². The van der Waals surface area contributed by atoms with Crippen LogP contribution in [0.25, 0.3) is 0 Å². The van der Waals surface area contributed by atoms with E-state index in [1.165, 1.54) is 6.42 Å². The van der Waals surface area contributed by atoms with E-state index >= 15 is 0 Å². The Kier molecular flexibility index (Phi) is 3.03. The molecule has 1 fully saturated rings. The van der Waals surface area contributed by atoms with Crippen LogP contribution in [-0.4, -0.2) is 25.3 Å². The lowest BCUT2D eigenvalue weighted by Crippen LogP contribution is -2.38. The monoisotopic (exact) mass is 185 g/mol. The van der Waals surface area contributed by atoms with Crippen molar-refractivity contribution in [2.45, 2.75) is 52.2 Å². The number of ether oxygens (including phenoxy) is 1. The van der Waals surface area contributed by atoms with Gasteiger partial charge in [0.2, 0.25) is 0 Å². The van der Waals surface area contributed by atoms with Crippen molar-refractivity contribution in [2.75, 3.05) is 13.7 Å². The quantitative estimate of drug-likeness (QED) is 0.727. The molecule has 0 aromatic heterocycles. The van der Waals surface area contributed by atoms with E-state index in [1.54, 1.807) is 7.11 Å². The molecule has 1 heterocycles. The van der Waals surface area contributed by atoms with E-state index in [9.17, 15) is 0 Å². The molecular weight excluding hydrogens is 162 g/mol. The second-order valence-electron chi connectivity index (χ2n) is 5.22. The number of hydrogen-bond acceptors (Lipinski definition) is 2. The molecule has 13 heavy (non-hydrogen) atoms.